The molecule has 0 atom stereocenters. The Labute approximate surface area is 167 Å². The first-order valence-electron chi connectivity index (χ1n) is 8.99. The Hall–Kier alpha value is -3.62. The predicted molar refractivity (Wildman–Crippen MR) is 105 cm³/mol. The fourth-order valence-corrected chi connectivity index (χ4v) is 2.69. The van der Waals surface area contributed by atoms with Crippen molar-refractivity contribution < 1.29 is 18.7 Å². The summed E-state index contributed by atoms with van der Waals surface area (Å²) in [4.78, 5) is 16.3. The van der Waals surface area contributed by atoms with Gasteiger partial charge >= 0.3 is 6.03 Å². The van der Waals surface area contributed by atoms with Crippen LogP contribution in [0.15, 0.2) is 42.5 Å². The summed E-state index contributed by atoms with van der Waals surface area (Å²) in [5.74, 6) is 1.93. The van der Waals surface area contributed by atoms with Crippen LogP contribution in [0.5, 0.6) is 11.5 Å². The lowest BCUT2D eigenvalue weighted by Gasteiger charge is -2.10. The smallest absolute Gasteiger partial charge is 0.315 e. The van der Waals surface area contributed by atoms with Crippen LogP contribution in [0.2, 0.25) is 0 Å². The number of amides is 2. The zero-order valence-electron chi connectivity index (χ0n) is 16.2. The van der Waals surface area contributed by atoms with Crippen LogP contribution in [-0.2, 0) is 13.0 Å². The molecule has 0 aliphatic heterocycles. The summed E-state index contributed by atoms with van der Waals surface area (Å²) in [5.41, 5.74) is 1.70. The zero-order chi connectivity index (χ0) is 20.6. The minimum Gasteiger partial charge on any atom is -0.493 e. The van der Waals surface area contributed by atoms with Crippen LogP contribution in [-0.4, -0.2) is 42.0 Å². The van der Waals surface area contributed by atoms with Crippen molar-refractivity contribution in [1.82, 2.24) is 25.8 Å². The highest BCUT2D eigenvalue weighted by Gasteiger charge is 2.08. The standard InChI is InChI=1S/C20H22FN5O3/c1-28-16-8-3-13(11-17(16)29-2)9-10-22-20(27)23-12-18-24-19(26-25-18)14-4-6-15(21)7-5-14/h3-8,11H,9-10,12H2,1-2H3,(H2,22,23,27)(H,24,25,26). The van der Waals surface area contributed by atoms with Crippen LogP contribution >= 0.6 is 0 Å². The van der Waals surface area contributed by atoms with Crippen molar-refractivity contribution in [2.24, 2.45) is 0 Å². The molecule has 0 aliphatic carbocycles. The minimum absolute atomic E-state index is 0.191. The van der Waals surface area contributed by atoms with Crippen molar-refractivity contribution in [2.75, 3.05) is 20.8 Å². The van der Waals surface area contributed by atoms with Gasteiger partial charge in [0.1, 0.15) is 11.6 Å². The van der Waals surface area contributed by atoms with Gasteiger partial charge in [-0.1, -0.05) is 6.07 Å². The number of urea groups is 1. The Morgan fingerprint density at radius 3 is 2.55 bits per heavy atom. The van der Waals surface area contributed by atoms with Gasteiger partial charge in [0.2, 0.25) is 0 Å². The normalized spacial score (nSPS) is 10.4. The van der Waals surface area contributed by atoms with Gasteiger partial charge in [0.05, 0.1) is 20.8 Å². The van der Waals surface area contributed by atoms with Gasteiger partial charge < -0.3 is 20.1 Å². The Morgan fingerprint density at radius 1 is 1.07 bits per heavy atom. The van der Waals surface area contributed by atoms with Gasteiger partial charge in [0.25, 0.3) is 0 Å². The van der Waals surface area contributed by atoms with E-state index in [2.05, 4.69) is 25.8 Å². The number of carbonyl (C=O) groups is 1. The number of ether oxygens (including phenoxy) is 2. The number of benzene rings is 2. The van der Waals surface area contributed by atoms with Gasteiger partial charge in [-0.05, 0) is 48.4 Å². The predicted octanol–water partition coefficient (Wildman–Crippen LogP) is 2.67. The van der Waals surface area contributed by atoms with E-state index >= 15 is 0 Å². The van der Waals surface area contributed by atoms with Crippen LogP contribution in [0.25, 0.3) is 11.4 Å². The molecule has 8 nitrogen and oxygen atoms in total. The Bertz CT molecular complexity index is 959. The fraction of sp³-hybridized carbons (Fsp3) is 0.250. The molecule has 0 spiro atoms. The number of aromatic nitrogens is 3. The van der Waals surface area contributed by atoms with Crippen LogP contribution in [0.4, 0.5) is 9.18 Å². The summed E-state index contributed by atoms with van der Waals surface area (Å²) in [6.45, 7) is 0.648. The number of methoxy groups -OCH3 is 2. The summed E-state index contributed by atoms with van der Waals surface area (Å²) in [6, 6.07) is 11.2. The number of hydrogen-bond donors (Lipinski definition) is 3. The van der Waals surface area contributed by atoms with E-state index in [0.29, 0.717) is 41.7 Å². The van der Waals surface area contributed by atoms with Crippen molar-refractivity contribution in [2.45, 2.75) is 13.0 Å². The maximum absolute atomic E-state index is 13.0. The molecule has 0 aliphatic rings. The largest absolute Gasteiger partial charge is 0.493 e. The van der Waals surface area contributed by atoms with Gasteiger partial charge in [-0.3, -0.25) is 5.10 Å². The van der Waals surface area contributed by atoms with E-state index in [-0.39, 0.29) is 18.4 Å². The molecule has 3 N–H and O–H groups in total. The zero-order valence-corrected chi connectivity index (χ0v) is 16.2. The second-order valence-electron chi connectivity index (χ2n) is 6.16. The number of aromatic amines is 1. The average molecular weight is 399 g/mol. The summed E-state index contributed by atoms with van der Waals surface area (Å²) in [7, 11) is 3.17. The van der Waals surface area contributed by atoms with E-state index in [1.165, 1.54) is 12.1 Å². The Kier molecular flexibility index (Phi) is 6.62. The molecule has 1 aromatic heterocycles. The van der Waals surface area contributed by atoms with E-state index in [4.69, 9.17) is 9.47 Å². The number of H-pyrrole nitrogens is 1. The Balaban J connectivity index is 1.44. The van der Waals surface area contributed by atoms with Crippen molar-refractivity contribution in [3.8, 4) is 22.9 Å². The topological polar surface area (TPSA) is 101 Å². The second-order valence-corrected chi connectivity index (χ2v) is 6.16. The van der Waals surface area contributed by atoms with Crippen molar-refractivity contribution in [1.29, 1.82) is 0 Å². The van der Waals surface area contributed by atoms with E-state index in [1.54, 1.807) is 26.4 Å². The summed E-state index contributed by atoms with van der Waals surface area (Å²) >= 11 is 0. The van der Waals surface area contributed by atoms with E-state index in [0.717, 1.165) is 5.56 Å². The molecule has 152 valence electrons. The maximum atomic E-state index is 13.0. The number of nitrogens with zero attached hydrogens (tertiary/aromatic N) is 2. The van der Waals surface area contributed by atoms with Gasteiger partial charge in [0, 0.05) is 12.1 Å². The third-order valence-corrected chi connectivity index (χ3v) is 4.20. The molecule has 0 saturated heterocycles. The molecule has 29 heavy (non-hydrogen) atoms. The van der Waals surface area contributed by atoms with Crippen molar-refractivity contribution in [3.05, 3.63) is 59.7 Å². The highest BCUT2D eigenvalue weighted by Crippen LogP contribution is 2.27. The van der Waals surface area contributed by atoms with Crippen LogP contribution in [0.3, 0.4) is 0 Å². The maximum Gasteiger partial charge on any atom is 0.315 e. The lowest BCUT2D eigenvalue weighted by molar-refractivity contribution is 0.240. The molecular formula is C20H22FN5O3. The van der Waals surface area contributed by atoms with E-state index in [9.17, 15) is 9.18 Å². The molecule has 1 heterocycles. The first-order valence-corrected chi connectivity index (χ1v) is 8.99. The summed E-state index contributed by atoms with van der Waals surface area (Å²) in [6.07, 6.45) is 0.644. The number of rotatable bonds is 8. The molecule has 0 saturated carbocycles. The van der Waals surface area contributed by atoms with Crippen LogP contribution in [0, 0.1) is 5.82 Å². The number of hydrogen-bond acceptors (Lipinski definition) is 5. The molecule has 3 aromatic rings. The highest BCUT2D eigenvalue weighted by molar-refractivity contribution is 5.73. The Morgan fingerprint density at radius 2 is 1.83 bits per heavy atom. The third kappa shape index (κ3) is 5.44. The quantitative estimate of drug-likeness (QED) is 0.541. The molecule has 0 radical (unpaired) electrons. The summed E-state index contributed by atoms with van der Waals surface area (Å²) in [5, 5.41) is 12.3. The first-order chi connectivity index (χ1) is 14.1. The molecule has 2 aromatic carbocycles. The van der Waals surface area contributed by atoms with Gasteiger partial charge in [-0.25, -0.2) is 14.2 Å². The van der Waals surface area contributed by atoms with E-state index < -0.39 is 0 Å². The minimum atomic E-state index is -0.323. The van der Waals surface area contributed by atoms with Crippen LogP contribution in [0.1, 0.15) is 11.4 Å². The van der Waals surface area contributed by atoms with Gasteiger partial charge in [0.15, 0.2) is 17.3 Å². The second kappa shape index (κ2) is 9.54. The first kappa shape index (κ1) is 20.1. The average Bonchev–Trinajstić information content (AvgIpc) is 3.21. The molecule has 0 fully saturated rings. The molecule has 3 rings (SSSR count). The lowest BCUT2D eigenvalue weighted by atomic mass is 10.1. The van der Waals surface area contributed by atoms with Gasteiger partial charge in [-0.2, -0.15) is 5.10 Å². The van der Waals surface area contributed by atoms with E-state index in [1.807, 2.05) is 18.2 Å². The SMILES string of the molecule is COc1ccc(CCNC(=O)NCc2nc(-c3ccc(F)cc3)n[nH]2)cc1OC. The number of halogens is 1. The fourth-order valence-electron chi connectivity index (χ4n) is 2.69. The number of nitrogens with one attached hydrogen (secondary N) is 3. The van der Waals surface area contributed by atoms with Crippen molar-refractivity contribution >= 4 is 6.03 Å². The highest BCUT2D eigenvalue weighted by atomic mass is 19.1. The lowest BCUT2D eigenvalue weighted by Crippen LogP contribution is -2.36. The monoisotopic (exact) mass is 399 g/mol. The number of carbonyl (C=O) groups excluding carboxylic acids is 1. The van der Waals surface area contributed by atoms with Crippen LogP contribution < -0.4 is 20.1 Å². The molecule has 2 amide bonds. The molecule has 0 unspecified atom stereocenters. The molecule has 9 heteroatoms. The molecular weight excluding hydrogens is 377 g/mol. The summed E-state index contributed by atoms with van der Waals surface area (Å²) < 4.78 is 23.5. The molecule has 0 bridgehead atoms. The van der Waals surface area contributed by atoms with Crippen molar-refractivity contribution in [3.63, 3.8) is 0 Å². The van der Waals surface area contributed by atoms with Gasteiger partial charge in [-0.15, -0.1) is 0 Å². The third-order valence-electron chi connectivity index (χ3n) is 4.20.